The quantitative estimate of drug-likeness (QED) is 0.753. The zero-order chi connectivity index (χ0) is 10.1. The standard InChI is InChI=1S/C13H16O2/c1-2-4-10(5-3-1)9-14-13-8-11-6-7-12(13)15-11/h1-5,11-13H,6-9H2. The lowest BCUT2D eigenvalue weighted by Gasteiger charge is -2.19. The molecule has 80 valence electrons. The fourth-order valence-electron chi connectivity index (χ4n) is 2.54. The van der Waals surface area contributed by atoms with E-state index in [0.29, 0.717) is 18.3 Å². The van der Waals surface area contributed by atoms with Gasteiger partial charge in [0.2, 0.25) is 0 Å². The molecule has 2 nitrogen and oxygen atoms in total. The maximum absolute atomic E-state index is 5.90. The molecule has 0 aromatic heterocycles. The Morgan fingerprint density at radius 3 is 2.73 bits per heavy atom. The molecule has 2 heterocycles. The smallest absolute Gasteiger partial charge is 0.0866 e. The Hall–Kier alpha value is -0.860. The monoisotopic (exact) mass is 204 g/mol. The minimum atomic E-state index is 0.337. The Kier molecular flexibility index (Phi) is 2.47. The number of hydrogen-bond donors (Lipinski definition) is 0. The molecule has 0 aliphatic carbocycles. The van der Waals surface area contributed by atoms with E-state index in [1.54, 1.807) is 0 Å². The van der Waals surface area contributed by atoms with Crippen molar-refractivity contribution in [1.29, 1.82) is 0 Å². The number of rotatable bonds is 3. The largest absolute Gasteiger partial charge is 0.372 e. The van der Waals surface area contributed by atoms with Gasteiger partial charge in [-0.05, 0) is 18.4 Å². The molecule has 2 heteroatoms. The first-order chi connectivity index (χ1) is 7.42. The fourth-order valence-corrected chi connectivity index (χ4v) is 2.54. The van der Waals surface area contributed by atoms with Gasteiger partial charge >= 0.3 is 0 Å². The van der Waals surface area contributed by atoms with Gasteiger partial charge < -0.3 is 9.47 Å². The van der Waals surface area contributed by atoms with Crippen molar-refractivity contribution >= 4 is 0 Å². The third-order valence-electron chi connectivity index (χ3n) is 3.36. The number of benzene rings is 1. The summed E-state index contributed by atoms with van der Waals surface area (Å²) in [4.78, 5) is 0. The van der Waals surface area contributed by atoms with Crippen molar-refractivity contribution in [2.75, 3.05) is 0 Å². The van der Waals surface area contributed by atoms with Crippen molar-refractivity contribution in [1.82, 2.24) is 0 Å². The highest BCUT2D eigenvalue weighted by molar-refractivity contribution is 5.13. The van der Waals surface area contributed by atoms with E-state index < -0.39 is 0 Å². The highest BCUT2D eigenvalue weighted by Crippen LogP contribution is 2.36. The summed E-state index contributed by atoms with van der Waals surface area (Å²) in [5.74, 6) is 0. The molecule has 1 aromatic rings. The zero-order valence-corrected chi connectivity index (χ0v) is 8.76. The minimum absolute atomic E-state index is 0.337. The van der Waals surface area contributed by atoms with Crippen LogP contribution in [0.4, 0.5) is 0 Å². The lowest BCUT2D eigenvalue weighted by atomic mass is 9.98. The van der Waals surface area contributed by atoms with Crippen molar-refractivity contribution in [3.05, 3.63) is 35.9 Å². The minimum Gasteiger partial charge on any atom is -0.372 e. The molecule has 2 aliphatic heterocycles. The van der Waals surface area contributed by atoms with Gasteiger partial charge in [0, 0.05) is 6.42 Å². The van der Waals surface area contributed by atoms with Crippen LogP contribution in [0, 0.1) is 0 Å². The maximum Gasteiger partial charge on any atom is 0.0866 e. The summed E-state index contributed by atoms with van der Waals surface area (Å²) in [6.07, 6.45) is 4.70. The molecule has 15 heavy (non-hydrogen) atoms. The average Bonchev–Trinajstić information content (AvgIpc) is 2.89. The molecule has 0 radical (unpaired) electrons. The predicted octanol–water partition coefficient (Wildman–Crippen LogP) is 2.52. The molecule has 0 amide bonds. The van der Waals surface area contributed by atoms with Gasteiger partial charge in [-0.25, -0.2) is 0 Å². The summed E-state index contributed by atoms with van der Waals surface area (Å²) in [7, 11) is 0. The molecule has 2 bridgehead atoms. The second-order valence-corrected chi connectivity index (χ2v) is 4.44. The number of fused-ring (bicyclic) bond motifs is 2. The molecule has 1 aromatic carbocycles. The maximum atomic E-state index is 5.90. The second kappa shape index (κ2) is 3.95. The van der Waals surface area contributed by atoms with Gasteiger partial charge in [-0.3, -0.25) is 0 Å². The first kappa shape index (κ1) is 9.37. The van der Waals surface area contributed by atoms with E-state index in [-0.39, 0.29) is 0 Å². The molecule has 2 aliphatic rings. The molecule has 0 spiro atoms. The van der Waals surface area contributed by atoms with Crippen molar-refractivity contribution < 1.29 is 9.47 Å². The van der Waals surface area contributed by atoms with Gasteiger partial charge in [-0.15, -0.1) is 0 Å². The molecule has 2 saturated heterocycles. The van der Waals surface area contributed by atoms with Gasteiger partial charge in [0.25, 0.3) is 0 Å². The van der Waals surface area contributed by atoms with Crippen LogP contribution in [0.25, 0.3) is 0 Å². The van der Waals surface area contributed by atoms with Crippen molar-refractivity contribution in [2.45, 2.75) is 44.2 Å². The van der Waals surface area contributed by atoms with E-state index in [0.717, 1.165) is 13.0 Å². The van der Waals surface area contributed by atoms with Crippen LogP contribution in [-0.4, -0.2) is 18.3 Å². The Bertz CT molecular complexity index is 323. The SMILES string of the molecule is c1ccc(COC2CC3CCC2O3)cc1. The van der Waals surface area contributed by atoms with Gasteiger partial charge in [-0.1, -0.05) is 30.3 Å². The second-order valence-electron chi connectivity index (χ2n) is 4.44. The van der Waals surface area contributed by atoms with E-state index in [4.69, 9.17) is 9.47 Å². The van der Waals surface area contributed by atoms with Crippen molar-refractivity contribution in [3.63, 3.8) is 0 Å². The van der Waals surface area contributed by atoms with Crippen LogP contribution in [0.15, 0.2) is 30.3 Å². The van der Waals surface area contributed by atoms with Gasteiger partial charge in [0.05, 0.1) is 24.9 Å². The van der Waals surface area contributed by atoms with Crippen LogP contribution in [0.2, 0.25) is 0 Å². The molecular weight excluding hydrogens is 188 g/mol. The Morgan fingerprint density at radius 1 is 1.20 bits per heavy atom. The van der Waals surface area contributed by atoms with Crippen LogP contribution in [0.5, 0.6) is 0 Å². The Labute approximate surface area is 90.2 Å². The van der Waals surface area contributed by atoms with E-state index in [9.17, 15) is 0 Å². The number of hydrogen-bond acceptors (Lipinski definition) is 2. The lowest BCUT2D eigenvalue weighted by Crippen LogP contribution is -2.25. The third kappa shape index (κ3) is 1.92. The molecule has 0 saturated carbocycles. The zero-order valence-electron chi connectivity index (χ0n) is 8.76. The molecule has 0 N–H and O–H groups in total. The topological polar surface area (TPSA) is 18.5 Å². The van der Waals surface area contributed by atoms with Gasteiger partial charge in [0.1, 0.15) is 0 Å². The van der Waals surface area contributed by atoms with Crippen molar-refractivity contribution in [2.24, 2.45) is 0 Å². The molecule has 2 fully saturated rings. The van der Waals surface area contributed by atoms with Crippen LogP contribution in [0.1, 0.15) is 24.8 Å². The summed E-state index contributed by atoms with van der Waals surface area (Å²) in [5, 5.41) is 0. The lowest BCUT2D eigenvalue weighted by molar-refractivity contribution is -0.00961. The summed E-state index contributed by atoms with van der Waals surface area (Å²) in [6.45, 7) is 0.720. The van der Waals surface area contributed by atoms with E-state index in [1.807, 2.05) is 6.07 Å². The first-order valence-corrected chi connectivity index (χ1v) is 5.73. The fraction of sp³-hybridized carbons (Fsp3) is 0.538. The summed E-state index contributed by atoms with van der Waals surface area (Å²) in [6, 6.07) is 10.3. The van der Waals surface area contributed by atoms with Crippen LogP contribution >= 0.6 is 0 Å². The van der Waals surface area contributed by atoms with Gasteiger partial charge in [-0.2, -0.15) is 0 Å². The Morgan fingerprint density at radius 2 is 2.07 bits per heavy atom. The molecular formula is C13H16O2. The van der Waals surface area contributed by atoms with E-state index in [1.165, 1.54) is 18.4 Å². The van der Waals surface area contributed by atoms with Crippen LogP contribution in [0.3, 0.4) is 0 Å². The van der Waals surface area contributed by atoms with Crippen LogP contribution in [-0.2, 0) is 16.1 Å². The highest BCUT2D eigenvalue weighted by atomic mass is 16.6. The Balaban J connectivity index is 1.55. The highest BCUT2D eigenvalue weighted by Gasteiger charge is 2.41. The third-order valence-corrected chi connectivity index (χ3v) is 3.36. The predicted molar refractivity (Wildman–Crippen MR) is 57.5 cm³/mol. The number of ether oxygens (including phenoxy) is 2. The summed E-state index contributed by atoms with van der Waals surface area (Å²) < 4.78 is 11.6. The van der Waals surface area contributed by atoms with Crippen molar-refractivity contribution in [3.8, 4) is 0 Å². The summed E-state index contributed by atoms with van der Waals surface area (Å²) in [5.41, 5.74) is 1.25. The summed E-state index contributed by atoms with van der Waals surface area (Å²) >= 11 is 0. The normalized spacial score (nSPS) is 33.5. The van der Waals surface area contributed by atoms with Gasteiger partial charge in [0.15, 0.2) is 0 Å². The first-order valence-electron chi connectivity index (χ1n) is 5.73. The van der Waals surface area contributed by atoms with E-state index >= 15 is 0 Å². The van der Waals surface area contributed by atoms with Crippen LogP contribution < -0.4 is 0 Å². The average molecular weight is 204 g/mol. The molecule has 3 rings (SSSR count). The molecule has 3 atom stereocenters. The molecule has 3 unspecified atom stereocenters. The van der Waals surface area contributed by atoms with E-state index in [2.05, 4.69) is 24.3 Å².